The summed E-state index contributed by atoms with van der Waals surface area (Å²) in [7, 11) is 1.61. The van der Waals surface area contributed by atoms with Crippen LogP contribution in [0.25, 0.3) is 16.6 Å². The summed E-state index contributed by atoms with van der Waals surface area (Å²) in [5.41, 5.74) is 1.18. The van der Waals surface area contributed by atoms with Crippen molar-refractivity contribution in [1.82, 2.24) is 9.55 Å². The fourth-order valence-corrected chi connectivity index (χ4v) is 2.35. The molecule has 3 aromatic rings. The summed E-state index contributed by atoms with van der Waals surface area (Å²) in [5.74, 6) is 2.03. The molecule has 0 amide bonds. The van der Waals surface area contributed by atoms with E-state index in [4.69, 9.17) is 4.74 Å². The number of nitrogens with zero attached hydrogens (tertiary/aromatic N) is 2. The van der Waals surface area contributed by atoms with Gasteiger partial charge in [0.2, 0.25) is 5.88 Å². The zero-order chi connectivity index (χ0) is 15.0. The van der Waals surface area contributed by atoms with Crippen LogP contribution in [0.3, 0.4) is 0 Å². The minimum atomic E-state index is 0.175. The van der Waals surface area contributed by atoms with Gasteiger partial charge < -0.3 is 9.84 Å². The zero-order valence-corrected chi connectivity index (χ0v) is 12.4. The van der Waals surface area contributed by atoms with E-state index < -0.39 is 0 Å². The maximum absolute atomic E-state index is 10.4. The second-order valence-corrected chi connectivity index (χ2v) is 5.38. The molecule has 0 fully saturated rings. The largest absolute Gasteiger partial charge is 0.497 e. The highest BCUT2D eigenvalue weighted by atomic mass is 16.5. The number of hydrogen-bond donors (Lipinski definition) is 1. The lowest BCUT2D eigenvalue weighted by atomic mass is 10.1. The van der Waals surface area contributed by atoms with Crippen molar-refractivity contribution in [1.29, 1.82) is 0 Å². The van der Waals surface area contributed by atoms with Crippen molar-refractivity contribution >= 4 is 10.8 Å². The first-order chi connectivity index (χ1) is 10.1. The minimum absolute atomic E-state index is 0.175. The van der Waals surface area contributed by atoms with Gasteiger partial charge in [0.15, 0.2) is 0 Å². The molecule has 21 heavy (non-hydrogen) atoms. The molecule has 2 heterocycles. The van der Waals surface area contributed by atoms with Gasteiger partial charge in [0.1, 0.15) is 11.6 Å². The van der Waals surface area contributed by atoms with Crippen LogP contribution in [0.5, 0.6) is 11.6 Å². The van der Waals surface area contributed by atoms with Crippen LogP contribution in [-0.4, -0.2) is 21.8 Å². The predicted octanol–water partition coefficient (Wildman–Crippen LogP) is 3.86. The Morgan fingerprint density at radius 1 is 1.19 bits per heavy atom. The third kappa shape index (κ3) is 2.33. The van der Waals surface area contributed by atoms with Gasteiger partial charge in [-0.3, -0.25) is 4.57 Å². The van der Waals surface area contributed by atoms with Crippen LogP contribution in [-0.2, 0) is 0 Å². The lowest BCUT2D eigenvalue weighted by molar-refractivity contribution is 0.414. The number of ether oxygens (including phenoxy) is 1. The molecule has 0 aliphatic carbocycles. The molecule has 0 radical (unpaired) electrons. The molecular formula is C17H18N2O2. The number of benzene rings is 1. The molecule has 0 atom stereocenters. The summed E-state index contributed by atoms with van der Waals surface area (Å²) < 4.78 is 6.89. The Bertz CT molecular complexity index is 773. The molecule has 2 aromatic heterocycles. The normalized spacial score (nSPS) is 11.2. The molecule has 3 rings (SSSR count). The number of pyridine rings is 1. The van der Waals surface area contributed by atoms with Crippen LogP contribution in [0.4, 0.5) is 0 Å². The standard InChI is InChI=1S/C17H18N2O2/c1-11(2)12-5-7-16(18-9-12)19-10-13-4-6-14(21-3)8-15(13)17(19)20/h4-11,20H,1-3H3. The van der Waals surface area contributed by atoms with Crippen LogP contribution in [0, 0.1) is 0 Å². The number of fused-ring (bicyclic) bond motifs is 1. The Balaban J connectivity index is 2.09. The quantitative estimate of drug-likeness (QED) is 0.793. The van der Waals surface area contributed by atoms with E-state index in [9.17, 15) is 5.11 Å². The van der Waals surface area contributed by atoms with Crippen molar-refractivity contribution in [3.63, 3.8) is 0 Å². The number of aromatic nitrogens is 2. The highest BCUT2D eigenvalue weighted by Crippen LogP contribution is 2.32. The highest BCUT2D eigenvalue weighted by molar-refractivity contribution is 5.89. The summed E-state index contributed by atoms with van der Waals surface area (Å²) in [4.78, 5) is 4.44. The summed E-state index contributed by atoms with van der Waals surface area (Å²) in [6.07, 6.45) is 3.73. The van der Waals surface area contributed by atoms with Crippen molar-refractivity contribution in [2.75, 3.05) is 7.11 Å². The van der Waals surface area contributed by atoms with Crippen LogP contribution in [0.2, 0.25) is 0 Å². The molecule has 0 bridgehead atoms. The van der Waals surface area contributed by atoms with E-state index in [1.807, 2.05) is 42.7 Å². The lowest BCUT2D eigenvalue weighted by Crippen LogP contribution is -1.96. The van der Waals surface area contributed by atoms with Gasteiger partial charge in [0, 0.05) is 23.2 Å². The van der Waals surface area contributed by atoms with Crippen LogP contribution in [0.15, 0.2) is 42.7 Å². The Hall–Kier alpha value is -2.49. The van der Waals surface area contributed by atoms with E-state index >= 15 is 0 Å². The molecule has 4 nitrogen and oxygen atoms in total. The lowest BCUT2D eigenvalue weighted by Gasteiger charge is -2.07. The molecule has 108 valence electrons. The van der Waals surface area contributed by atoms with Gasteiger partial charge in [-0.25, -0.2) is 4.98 Å². The molecule has 0 unspecified atom stereocenters. The van der Waals surface area contributed by atoms with Gasteiger partial charge in [-0.1, -0.05) is 19.9 Å². The average Bonchev–Trinajstić information content (AvgIpc) is 2.84. The number of rotatable bonds is 3. The first-order valence-electron chi connectivity index (χ1n) is 6.94. The van der Waals surface area contributed by atoms with E-state index in [0.29, 0.717) is 11.7 Å². The summed E-state index contributed by atoms with van der Waals surface area (Å²) in [5, 5.41) is 12.1. The molecule has 4 heteroatoms. The summed E-state index contributed by atoms with van der Waals surface area (Å²) >= 11 is 0. The molecule has 0 spiro atoms. The van der Waals surface area contributed by atoms with Crippen LogP contribution < -0.4 is 4.74 Å². The average molecular weight is 282 g/mol. The molecule has 0 aliphatic heterocycles. The third-order valence-corrected chi connectivity index (χ3v) is 3.68. The van der Waals surface area contributed by atoms with E-state index in [2.05, 4.69) is 18.8 Å². The number of hydrogen-bond acceptors (Lipinski definition) is 3. The van der Waals surface area contributed by atoms with Gasteiger partial charge in [-0.05, 0) is 35.7 Å². The van der Waals surface area contributed by atoms with E-state index in [1.54, 1.807) is 11.7 Å². The maximum atomic E-state index is 10.4. The summed E-state index contributed by atoms with van der Waals surface area (Å²) in [6.45, 7) is 4.26. The maximum Gasteiger partial charge on any atom is 0.205 e. The molecular weight excluding hydrogens is 264 g/mol. The summed E-state index contributed by atoms with van der Waals surface area (Å²) in [6, 6.07) is 9.58. The van der Waals surface area contributed by atoms with Crippen molar-refractivity contribution < 1.29 is 9.84 Å². The smallest absolute Gasteiger partial charge is 0.205 e. The van der Waals surface area contributed by atoms with E-state index in [0.717, 1.165) is 16.5 Å². The van der Waals surface area contributed by atoms with Crippen molar-refractivity contribution in [2.45, 2.75) is 19.8 Å². The molecule has 0 saturated heterocycles. The Labute approximate surface area is 123 Å². The first kappa shape index (κ1) is 13.5. The van der Waals surface area contributed by atoms with Crippen molar-refractivity contribution in [2.24, 2.45) is 0 Å². The third-order valence-electron chi connectivity index (χ3n) is 3.68. The molecule has 0 aliphatic rings. The van der Waals surface area contributed by atoms with Crippen LogP contribution >= 0.6 is 0 Å². The van der Waals surface area contributed by atoms with Crippen molar-refractivity contribution in [3.8, 4) is 17.4 Å². The Morgan fingerprint density at radius 2 is 2.00 bits per heavy atom. The van der Waals surface area contributed by atoms with Gasteiger partial charge in [-0.2, -0.15) is 0 Å². The van der Waals surface area contributed by atoms with E-state index in [-0.39, 0.29) is 5.88 Å². The van der Waals surface area contributed by atoms with Gasteiger partial charge in [-0.15, -0.1) is 0 Å². The number of aromatic hydroxyl groups is 1. The minimum Gasteiger partial charge on any atom is -0.497 e. The number of methoxy groups -OCH3 is 1. The SMILES string of the molecule is COc1ccc2cn(-c3ccc(C(C)C)cn3)c(O)c2c1. The molecule has 0 saturated carbocycles. The molecule has 1 aromatic carbocycles. The fraction of sp³-hybridized carbons (Fsp3) is 0.235. The highest BCUT2D eigenvalue weighted by Gasteiger charge is 2.11. The van der Waals surface area contributed by atoms with Gasteiger partial charge in [0.05, 0.1) is 7.11 Å². The Kier molecular flexibility index (Phi) is 3.29. The second kappa shape index (κ2) is 5.13. The van der Waals surface area contributed by atoms with Crippen molar-refractivity contribution in [3.05, 3.63) is 48.3 Å². The predicted molar refractivity (Wildman–Crippen MR) is 83.4 cm³/mol. The fourth-order valence-electron chi connectivity index (χ4n) is 2.35. The first-order valence-corrected chi connectivity index (χ1v) is 6.94. The molecule has 1 N–H and O–H groups in total. The zero-order valence-electron chi connectivity index (χ0n) is 12.4. The van der Waals surface area contributed by atoms with E-state index in [1.165, 1.54) is 5.56 Å². The Morgan fingerprint density at radius 3 is 2.62 bits per heavy atom. The second-order valence-electron chi connectivity index (χ2n) is 5.38. The van der Waals surface area contributed by atoms with Gasteiger partial charge in [0.25, 0.3) is 0 Å². The van der Waals surface area contributed by atoms with Gasteiger partial charge >= 0.3 is 0 Å². The van der Waals surface area contributed by atoms with Crippen LogP contribution in [0.1, 0.15) is 25.3 Å². The topological polar surface area (TPSA) is 47.3 Å². The monoisotopic (exact) mass is 282 g/mol.